The number of nitrogens with one attached hydrogen (secondary N) is 1. The lowest BCUT2D eigenvalue weighted by molar-refractivity contribution is 0.543. The summed E-state index contributed by atoms with van der Waals surface area (Å²) >= 11 is 7.46. The molecule has 21 heavy (non-hydrogen) atoms. The smallest absolute Gasteiger partial charge is 0.183 e. The number of hydrogen-bond acceptors (Lipinski definition) is 5. The van der Waals surface area contributed by atoms with Crippen LogP contribution in [0.4, 0.5) is 5.13 Å². The summed E-state index contributed by atoms with van der Waals surface area (Å²) in [5, 5.41) is 15.0. The van der Waals surface area contributed by atoms with Gasteiger partial charge in [0.1, 0.15) is 11.4 Å². The highest BCUT2D eigenvalue weighted by Crippen LogP contribution is 2.25. The molecular formula is C14H14ClN5S. The van der Waals surface area contributed by atoms with Crippen molar-refractivity contribution in [2.75, 3.05) is 12.4 Å². The van der Waals surface area contributed by atoms with Gasteiger partial charge in [-0.05, 0) is 24.6 Å². The molecule has 0 aliphatic heterocycles. The van der Waals surface area contributed by atoms with E-state index >= 15 is 0 Å². The summed E-state index contributed by atoms with van der Waals surface area (Å²) in [6.07, 6.45) is 1.91. The number of anilines is 1. The van der Waals surface area contributed by atoms with Crippen molar-refractivity contribution >= 4 is 28.1 Å². The fourth-order valence-corrected chi connectivity index (χ4v) is 2.78. The first-order valence-electron chi connectivity index (χ1n) is 6.48. The van der Waals surface area contributed by atoms with Crippen LogP contribution in [-0.2, 0) is 0 Å². The third kappa shape index (κ3) is 2.91. The predicted molar refractivity (Wildman–Crippen MR) is 85.9 cm³/mol. The molecule has 2 heterocycles. The van der Waals surface area contributed by atoms with E-state index in [1.807, 2.05) is 47.6 Å². The lowest BCUT2D eigenvalue weighted by Gasteiger charge is -2.11. The van der Waals surface area contributed by atoms with Gasteiger partial charge in [0.2, 0.25) is 0 Å². The molecule has 0 unspecified atom stereocenters. The van der Waals surface area contributed by atoms with Gasteiger partial charge in [-0.15, -0.1) is 16.4 Å². The topological polar surface area (TPSA) is 55.6 Å². The van der Waals surface area contributed by atoms with Crippen LogP contribution in [0.1, 0.15) is 18.5 Å². The van der Waals surface area contributed by atoms with E-state index in [-0.39, 0.29) is 6.04 Å². The number of thiazole rings is 1. The second-order valence-electron chi connectivity index (χ2n) is 4.60. The van der Waals surface area contributed by atoms with Gasteiger partial charge in [0.05, 0.1) is 12.2 Å². The van der Waals surface area contributed by atoms with Gasteiger partial charge in [-0.25, -0.2) is 9.67 Å². The average molecular weight is 320 g/mol. The largest absolute Gasteiger partial charge is 0.365 e. The van der Waals surface area contributed by atoms with Crippen LogP contribution >= 0.6 is 22.9 Å². The van der Waals surface area contributed by atoms with Gasteiger partial charge in [-0.3, -0.25) is 0 Å². The fraction of sp³-hybridized carbons (Fsp3) is 0.214. The average Bonchev–Trinajstić information content (AvgIpc) is 3.16. The standard InChI is InChI=1S/C14H14ClN5S/c1-9(10-3-5-11(15)6-4-10)20-7-12(18-19-20)13-8-21-14(16-2)17-13/h3-9H,1-2H3,(H,16,17)/t9-/m0/s1. The molecule has 7 heteroatoms. The maximum absolute atomic E-state index is 5.91. The summed E-state index contributed by atoms with van der Waals surface area (Å²) in [5.74, 6) is 0. The van der Waals surface area contributed by atoms with Crippen LogP contribution in [0.15, 0.2) is 35.8 Å². The number of nitrogens with zero attached hydrogens (tertiary/aromatic N) is 4. The Morgan fingerprint density at radius 3 is 2.67 bits per heavy atom. The van der Waals surface area contributed by atoms with E-state index in [0.29, 0.717) is 0 Å². The molecule has 3 rings (SSSR count). The Hall–Kier alpha value is -1.92. The minimum atomic E-state index is 0.0888. The fourth-order valence-electron chi connectivity index (χ4n) is 1.98. The van der Waals surface area contributed by atoms with Gasteiger partial charge in [0.25, 0.3) is 0 Å². The molecule has 0 bridgehead atoms. The van der Waals surface area contributed by atoms with Gasteiger partial charge in [-0.1, -0.05) is 28.9 Å². The van der Waals surface area contributed by atoms with Gasteiger partial charge >= 0.3 is 0 Å². The highest BCUT2D eigenvalue weighted by atomic mass is 35.5. The van der Waals surface area contributed by atoms with Crippen molar-refractivity contribution in [3.63, 3.8) is 0 Å². The molecule has 1 atom stereocenters. The Balaban J connectivity index is 1.85. The van der Waals surface area contributed by atoms with Crippen LogP contribution < -0.4 is 5.32 Å². The van der Waals surface area contributed by atoms with Crippen molar-refractivity contribution in [1.29, 1.82) is 0 Å². The van der Waals surface area contributed by atoms with Crippen molar-refractivity contribution < 1.29 is 0 Å². The Morgan fingerprint density at radius 2 is 2.00 bits per heavy atom. The molecule has 0 saturated carbocycles. The Morgan fingerprint density at radius 1 is 1.24 bits per heavy atom. The molecular weight excluding hydrogens is 306 g/mol. The Labute approximate surface area is 131 Å². The zero-order chi connectivity index (χ0) is 14.8. The summed E-state index contributed by atoms with van der Waals surface area (Å²) in [4.78, 5) is 4.43. The number of rotatable bonds is 4. The van der Waals surface area contributed by atoms with E-state index in [2.05, 4.69) is 27.5 Å². The van der Waals surface area contributed by atoms with Gasteiger partial charge in [0.15, 0.2) is 5.13 Å². The Bertz CT molecular complexity index is 734. The minimum Gasteiger partial charge on any atom is -0.365 e. The van der Waals surface area contributed by atoms with E-state index < -0.39 is 0 Å². The minimum absolute atomic E-state index is 0.0888. The molecule has 0 fully saturated rings. The van der Waals surface area contributed by atoms with Crippen molar-refractivity contribution in [2.24, 2.45) is 0 Å². The second-order valence-corrected chi connectivity index (χ2v) is 5.89. The highest BCUT2D eigenvalue weighted by molar-refractivity contribution is 7.14. The van der Waals surface area contributed by atoms with E-state index in [1.165, 1.54) is 0 Å². The van der Waals surface area contributed by atoms with E-state index in [9.17, 15) is 0 Å². The molecule has 0 aliphatic carbocycles. The molecule has 1 aromatic carbocycles. The summed E-state index contributed by atoms with van der Waals surface area (Å²) in [7, 11) is 1.85. The summed E-state index contributed by atoms with van der Waals surface area (Å²) in [6, 6.07) is 7.84. The summed E-state index contributed by atoms with van der Waals surface area (Å²) < 4.78 is 1.83. The molecule has 0 amide bonds. The molecule has 2 aromatic heterocycles. The third-order valence-electron chi connectivity index (χ3n) is 3.24. The van der Waals surface area contributed by atoms with Crippen molar-refractivity contribution in [3.05, 3.63) is 46.4 Å². The first-order chi connectivity index (χ1) is 10.2. The monoisotopic (exact) mass is 319 g/mol. The first kappa shape index (κ1) is 14.0. The highest BCUT2D eigenvalue weighted by Gasteiger charge is 2.13. The lowest BCUT2D eigenvalue weighted by atomic mass is 10.1. The summed E-state index contributed by atoms with van der Waals surface area (Å²) in [5.41, 5.74) is 2.73. The van der Waals surface area contributed by atoms with Gasteiger partial charge in [0, 0.05) is 17.5 Å². The van der Waals surface area contributed by atoms with Crippen molar-refractivity contribution in [2.45, 2.75) is 13.0 Å². The quantitative estimate of drug-likeness (QED) is 0.796. The molecule has 3 aromatic rings. The zero-order valence-electron chi connectivity index (χ0n) is 11.6. The number of aromatic nitrogens is 4. The van der Waals surface area contributed by atoms with Crippen LogP contribution in [-0.4, -0.2) is 27.0 Å². The maximum Gasteiger partial charge on any atom is 0.183 e. The van der Waals surface area contributed by atoms with E-state index in [1.54, 1.807) is 11.3 Å². The SMILES string of the molecule is CNc1nc(-c2cn([C@@H](C)c3ccc(Cl)cc3)nn2)cs1. The van der Waals surface area contributed by atoms with E-state index in [0.717, 1.165) is 27.1 Å². The first-order valence-corrected chi connectivity index (χ1v) is 7.74. The maximum atomic E-state index is 5.91. The van der Waals surface area contributed by atoms with Crippen LogP contribution in [0.5, 0.6) is 0 Å². The van der Waals surface area contributed by atoms with Crippen LogP contribution in [0.3, 0.4) is 0 Å². The number of halogens is 1. The molecule has 1 N–H and O–H groups in total. The molecule has 0 saturated heterocycles. The normalized spacial score (nSPS) is 12.3. The summed E-state index contributed by atoms with van der Waals surface area (Å²) in [6.45, 7) is 2.07. The molecule has 108 valence electrons. The third-order valence-corrected chi connectivity index (χ3v) is 4.35. The molecule has 0 spiro atoms. The zero-order valence-corrected chi connectivity index (χ0v) is 13.2. The van der Waals surface area contributed by atoms with Gasteiger partial charge < -0.3 is 5.32 Å². The Kier molecular flexibility index (Phi) is 3.90. The van der Waals surface area contributed by atoms with Crippen LogP contribution in [0.25, 0.3) is 11.4 Å². The predicted octanol–water partition coefficient (Wildman–Crippen LogP) is 3.71. The number of benzene rings is 1. The van der Waals surface area contributed by atoms with Crippen LogP contribution in [0.2, 0.25) is 5.02 Å². The molecule has 0 radical (unpaired) electrons. The van der Waals surface area contributed by atoms with Gasteiger partial charge in [-0.2, -0.15) is 0 Å². The van der Waals surface area contributed by atoms with Crippen molar-refractivity contribution in [1.82, 2.24) is 20.0 Å². The van der Waals surface area contributed by atoms with E-state index in [4.69, 9.17) is 11.6 Å². The van der Waals surface area contributed by atoms with Crippen LogP contribution in [0, 0.1) is 0 Å². The molecule has 5 nitrogen and oxygen atoms in total. The van der Waals surface area contributed by atoms with Crippen molar-refractivity contribution in [3.8, 4) is 11.4 Å². The molecule has 0 aliphatic rings. The second kappa shape index (κ2) is 5.83. The lowest BCUT2D eigenvalue weighted by Crippen LogP contribution is -2.07. The number of hydrogen-bond donors (Lipinski definition) is 1.